The molecule has 0 bridgehead atoms. The highest BCUT2D eigenvalue weighted by Crippen LogP contribution is 2.18. The van der Waals surface area contributed by atoms with Gasteiger partial charge in [-0.25, -0.2) is 4.39 Å². The standard InChI is InChI=1S/C21H32FN5O/c22-17-7-9-19(10-8-17)26-13-15-27(16-14-26)20(28)11-12-24-21(23)25-18-5-3-1-2-4-6-18/h7-10,18H,1-6,11-16H2,(H3,23,24,25). The van der Waals surface area contributed by atoms with Gasteiger partial charge in [0.2, 0.25) is 5.91 Å². The normalized spacial score (nSPS) is 19.4. The number of nitrogens with two attached hydrogens (primary N) is 1. The number of halogens is 1. The van der Waals surface area contributed by atoms with Crippen LogP contribution in [0.4, 0.5) is 10.1 Å². The molecule has 1 heterocycles. The molecule has 3 N–H and O–H groups in total. The van der Waals surface area contributed by atoms with Crippen LogP contribution in [0.2, 0.25) is 0 Å². The van der Waals surface area contributed by atoms with Crippen molar-refractivity contribution < 1.29 is 9.18 Å². The maximum Gasteiger partial charge on any atom is 0.224 e. The molecule has 154 valence electrons. The van der Waals surface area contributed by atoms with Crippen molar-refractivity contribution in [1.29, 1.82) is 0 Å². The lowest BCUT2D eigenvalue weighted by Crippen LogP contribution is -2.49. The van der Waals surface area contributed by atoms with Crippen LogP contribution >= 0.6 is 0 Å². The Bertz CT molecular complexity index is 647. The number of rotatable bonds is 5. The zero-order valence-electron chi connectivity index (χ0n) is 16.6. The zero-order valence-corrected chi connectivity index (χ0v) is 16.6. The molecule has 0 spiro atoms. The first-order valence-electron chi connectivity index (χ1n) is 10.5. The Kier molecular flexibility index (Phi) is 7.51. The molecule has 1 saturated heterocycles. The number of amides is 1. The van der Waals surface area contributed by atoms with Gasteiger partial charge in [-0.2, -0.15) is 0 Å². The number of nitrogens with zero attached hydrogens (tertiary/aromatic N) is 3. The quantitative estimate of drug-likeness (QED) is 0.461. The van der Waals surface area contributed by atoms with E-state index < -0.39 is 0 Å². The Hall–Kier alpha value is -2.31. The molecule has 0 unspecified atom stereocenters. The van der Waals surface area contributed by atoms with Crippen LogP contribution in [0, 0.1) is 5.82 Å². The van der Waals surface area contributed by atoms with E-state index in [-0.39, 0.29) is 11.7 Å². The molecule has 28 heavy (non-hydrogen) atoms. The summed E-state index contributed by atoms with van der Waals surface area (Å²) in [7, 11) is 0. The molecule has 1 amide bonds. The monoisotopic (exact) mass is 389 g/mol. The summed E-state index contributed by atoms with van der Waals surface area (Å²) in [4.78, 5) is 20.8. The Balaban J connectivity index is 1.37. The highest BCUT2D eigenvalue weighted by molar-refractivity contribution is 5.79. The Morgan fingerprint density at radius 2 is 1.71 bits per heavy atom. The van der Waals surface area contributed by atoms with Gasteiger partial charge >= 0.3 is 0 Å². The minimum atomic E-state index is -0.231. The summed E-state index contributed by atoms with van der Waals surface area (Å²) in [6, 6.07) is 6.93. The van der Waals surface area contributed by atoms with Crippen molar-refractivity contribution >= 4 is 17.6 Å². The van der Waals surface area contributed by atoms with Gasteiger partial charge < -0.3 is 20.9 Å². The fourth-order valence-electron chi connectivity index (χ4n) is 3.97. The van der Waals surface area contributed by atoms with Crippen LogP contribution in [-0.4, -0.2) is 55.5 Å². The van der Waals surface area contributed by atoms with Crippen LogP contribution in [0.15, 0.2) is 29.3 Å². The van der Waals surface area contributed by atoms with Crippen molar-refractivity contribution in [2.75, 3.05) is 37.6 Å². The minimum Gasteiger partial charge on any atom is -0.370 e. The fraction of sp³-hybridized carbons (Fsp3) is 0.619. The lowest BCUT2D eigenvalue weighted by molar-refractivity contribution is -0.131. The van der Waals surface area contributed by atoms with Crippen LogP contribution in [0.3, 0.4) is 0 Å². The molecule has 0 atom stereocenters. The largest absolute Gasteiger partial charge is 0.370 e. The summed E-state index contributed by atoms with van der Waals surface area (Å²) in [5, 5.41) is 3.31. The number of guanidine groups is 1. The summed E-state index contributed by atoms with van der Waals surface area (Å²) in [6.07, 6.45) is 7.77. The number of hydrogen-bond acceptors (Lipinski definition) is 3. The second-order valence-electron chi connectivity index (χ2n) is 7.69. The van der Waals surface area contributed by atoms with Gasteiger partial charge in [0.05, 0.1) is 6.54 Å². The third-order valence-corrected chi connectivity index (χ3v) is 5.64. The van der Waals surface area contributed by atoms with E-state index in [1.807, 2.05) is 4.90 Å². The Morgan fingerprint density at radius 3 is 2.36 bits per heavy atom. The van der Waals surface area contributed by atoms with Gasteiger partial charge in [-0.3, -0.25) is 9.79 Å². The third kappa shape index (κ3) is 6.11. The first-order chi connectivity index (χ1) is 13.6. The molecule has 6 nitrogen and oxygen atoms in total. The zero-order chi connectivity index (χ0) is 19.8. The van der Waals surface area contributed by atoms with Gasteiger partial charge in [0, 0.05) is 44.3 Å². The molecule has 1 aliphatic carbocycles. The second kappa shape index (κ2) is 10.3. The smallest absolute Gasteiger partial charge is 0.224 e. The van der Waals surface area contributed by atoms with Crippen LogP contribution in [0.1, 0.15) is 44.9 Å². The van der Waals surface area contributed by atoms with Gasteiger partial charge in [0.15, 0.2) is 5.96 Å². The first-order valence-corrected chi connectivity index (χ1v) is 10.5. The highest BCUT2D eigenvalue weighted by atomic mass is 19.1. The van der Waals surface area contributed by atoms with Crippen LogP contribution in [0.5, 0.6) is 0 Å². The molecule has 3 rings (SSSR count). The van der Waals surface area contributed by atoms with Gasteiger partial charge in [-0.1, -0.05) is 25.7 Å². The number of piperazine rings is 1. The lowest BCUT2D eigenvalue weighted by atomic mass is 10.1. The lowest BCUT2D eigenvalue weighted by Gasteiger charge is -2.36. The average molecular weight is 390 g/mol. The number of benzene rings is 1. The van der Waals surface area contributed by atoms with Gasteiger partial charge in [-0.05, 0) is 37.1 Å². The van der Waals surface area contributed by atoms with E-state index in [1.54, 1.807) is 12.1 Å². The predicted octanol–water partition coefficient (Wildman–Crippen LogP) is 2.49. The van der Waals surface area contributed by atoms with Gasteiger partial charge in [-0.15, -0.1) is 0 Å². The van der Waals surface area contributed by atoms with Crippen molar-refractivity contribution in [2.45, 2.75) is 51.0 Å². The summed E-state index contributed by atoms with van der Waals surface area (Å²) < 4.78 is 13.1. The number of carbonyl (C=O) groups excluding carboxylic acids is 1. The van der Waals surface area contributed by atoms with Crippen molar-refractivity contribution in [2.24, 2.45) is 10.7 Å². The van der Waals surface area contributed by atoms with Crippen molar-refractivity contribution in [3.05, 3.63) is 30.1 Å². The van der Waals surface area contributed by atoms with Crippen LogP contribution in [-0.2, 0) is 4.79 Å². The third-order valence-electron chi connectivity index (χ3n) is 5.64. The van der Waals surface area contributed by atoms with E-state index in [0.29, 0.717) is 38.1 Å². The van der Waals surface area contributed by atoms with E-state index in [0.717, 1.165) is 31.6 Å². The average Bonchev–Trinajstić information content (AvgIpc) is 2.97. The molecular formula is C21H32FN5O. The molecule has 1 saturated carbocycles. The Labute approximate surface area is 167 Å². The highest BCUT2D eigenvalue weighted by Gasteiger charge is 2.21. The van der Waals surface area contributed by atoms with Gasteiger partial charge in [0.25, 0.3) is 0 Å². The van der Waals surface area contributed by atoms with E-state index in [2.05, 4.69) is 15.2 Å². The summed E-state index contributed by atoms with van der Waals surface area (Å²) in [5.41, 5.74) is 6.99. The molecule has 2 aliphatic rings. The molecule has 7 heteroatoms. The van der Waals surface area contributed by atoms with Crippen molar-refractivity contribution in [3.8, 4) is 0 Å². The van der Waals surface area contributed by atoms with Crippen molar-refractivity contribution in [1.82, 2.24) is 10.2 Å². The molecule has 1 aromatic rings. The van der Waals surface area contributed by atoms with Crippen LogP contribution < -0.4 is 16.0 Å². The molecular weight excluding hydrogens is 357 g/mol. The topological polar surface area (TPSA) is 74.0 Å². The fourth-order valence-corrected chi connectivity index (χ4v) is 3.97. The van der Waals surface area contributed by atoms with E-state index >= 15 is 0 Å². The summed E-state index contributed by atoms with van der Waals surface area (Å²) >= 11 is 0. The molecule has 1 aliphatic heterocycles. The van der Waals surface area contributed by atoms with E-state index in [4.69, 9.17) is 5.73 Å². The minimum absolute atomic E-state index is 0.116. The summed E-state index contributed by atoms with van der Waals surface area (Å²) in [6.45, 7) is 3.28. The van der Waals surface area contributed by atoms with Gasteiger partial charge in [0.1, 0.15) is 5.82 Å². The number of anilines is 1. The maximum absolute atomic E-state index is 13.1. The first kappa shape index (κ1) is 20.4. The van der Waals surface area contributed by atoms with Crippen LogP contribution in [0.25, 0.3) is 0 Å². The summed E-state index contributed by atoms with van der Waals surface area (Å²) in [5.74, 6) is 0.344. The number of aliphatic imine (C=N–C) groups is 1. The molecule has 0 aromatic heterocycles. The second-order valence-corrected chi connectivity index (χ2v) is 7.69. The number of carbonyl (C=O) groups is 1. The number of nitrogens with one attached hydrogen (secondary N) is 1. The van der Waals surface area contributed by atoms with E-state index in [9.17, 15) is 9.18 Å². The molecule has 0 radical (unpaired) electrons. The van der Waals surface area contributed by atoms with Crippen molar-refractivity contribution in [3.63, 3.8) is 0 Å². The SMILES string of the molecule is NC(=NCCC(=O)N1CCN(c2ccc(F)cc2)CC1)NC1CCCCCC1. The van der Waals surface area contributed by atoms with E-state index in [1.165, 1.54) is 37.8 Å². The predicted molar refractivity (Wildman–Crippen MR) is 111 cm³/mol. The molecule has 1 aromatic carbocycles. The number of hydrogen-bond donors (Lipinski definition) is 2. The Morgan fingerprint density at radius 1 is 1.07 bits per heavy atom. The molecule has 2 fully saturated rings. The maximum atomic E-state index is 13.1.